The number of ether oxygens (including phenoxy) is 1. The number of hydrogen-bond donors (Lipinski definition) is 2. The fourth-order valence-corrected chi connectivity index (χ4v) is 2.84. The molecular formula is C11H14BrFN2O2S. The van der Waals surface area contributed by atoms with E-state index in [4.69, 9.17) is 15.7 Å². The van der Waals surface area contributed by atoms with Crippen LogP contribution < -0.4 is 5.73 Å². The van der Waals surface area contributed by atoms with Crippen LogP contribution in [0.5, 0.6) is 0 Å². The van der Waals surface area contributed by atoms with E-state index in [0.29, 0.717) is 17.1 Å². The van der Waals surface area contributed by atoms with E-state index in [-0.39, 0.29) is 10.3 Å². The first-order valence-electron chi connectivity index (χ1n) is 5.19. The summed E-state index contributed by atoms with van der Waals surface area (Å²) in [6.45, 7) is 0.651. The Hall–Kier alpha value is -0.790. The van der Waals surface area contributed by atoms with Gasteiger partial charge in [0.15, 0.2) is 11.7 Å². The summed E-state index contributed by atoms with van der Waals surface area (Å²) in [7, 11) is 1.63. The van der Waals surface area contributed by atoms with Crippen molar-refractivity contribution in [3.05, 3.63) is 28.0 Å². The van der Waals surface area contributed by atoms with Crippen molar-refractivity contribution in [1.82, 2.24) is 0 Å². The van der Waals surface area contributed by atoms with Crippen LogP contribution in [0.2, 0.25) is 0 Å². The number of nitrogens with zero attached hydrogens (tertiary/aromatic N) is 1. The Labute approximate surface area is 118 Å². The van der Waals surface area contributed by atoms with Crippen molar-refractivity contribution in [3.63, 3.8) is 0 Å². The number of methoxy groups -OCH3 is 1. The van der Waals surface area contributed by atoms with Crippen LogP contribution in [0.1, 0.15) is 12.0 Å². The molecular weight excluding hydrogens is 323 g/mol. The van der Waals surface area contributed by atoms with Crippen LogP contribution in [0.4, 0.5) is 4.39 Å². The maximum absolute atomic E-state index is 14.0. The quantitative estimate of drug-likeness (QED) is 0.209. The molecule has 0 bridgehead atoms. The summed E-state index contributed by atoms with van der Waals surface area (Å²) in [4.78, 5) is 0.521. The van der Waals surface area contributed by atoms with Crippen molar-refractivity contribution < 1.29 is 14.3 Å². The monoisotopic (exact) mass is 336 g/mol. The molecule has 0 spiro atoms. The molecule has 1 aromatic rings. The van der Waals surface area contributed by atoms with Gasteiger partial charge in [0.05, 0.1) is 4.47 Å². The lowest BCUT2D eigenvalue weighted by molar-refractivity contribution is 0.200. The number of thioether (sulfide) groups is 1. The summed E-state index contributed by atoms with van der Waals surface area (Å²) in [6, 6.07) is 3.23. The summed E-state index contributed by atoms with van der Waals surface area (Å²) in [5.74, 6) is 0.235. The minimum atomic E-state index is -0.401. The summed E-state index contributed by atoms with van der Waals surface area (Å²) in [5.41, 5.74) is 5.76. The maximum atomic E-state index is 14.0. The molecule has 0 unspecified atom stereocenters. The molecule has 0 aliphatic heterocycles. The molecule has 0 saturated carbocycles. The van der Waals surface area contributed by atoms with E-state index in [9.17, 15) is 4.39 Å². The number of rotatable bonds is 6. The van der Waals surface area contributed by atoms with Gasteiger partial charge in [0.25, 0.3) is 0 Å². The van der Waals surface area contributed by atoms with E-state index < -0.39 is 5.82 Å². The highest BCUT2D eigenvalue weighted by atomic mass is 79.9. The number of halogens is 2. The zero-order valence-corrected chi connectivity index (χ0v) is 12.2. The van der Waals surface area contributed by atoms with E-state index in [2.05, 4.69) is 21.1 Å². The second kappa shape index (κ2) is 7.60. The Bertz CT molecular complexity index is 443. The topological polar surface area (TPSA) is 67.8 Å². The van der Waals surface area contributed by atoms with Crippen LogP contribution in [-0.2, 0) is 4.74 Å². The van der Waals surface area contributed by atoms with Gasteiger partial charge in [0.2, 0.25) is 0 Å². The summed E-state index contributed by atoms with van der Waals surface area (Å²) in [6.07, 6.45) is 0.847. The number of benzene rings is 1. The van der Waals surface area contributed by atoms with Crippen LogP contribution in [0.3, 0.4) is 0 Å². The summed E-state index contributed by atoms with van der Waals surface area (Å²) < 4.78 is 19.1. The fourth-order valence-electron chi connectivity index (χ4n) is 1.28. The van der Waals surface area contributed by atoms with E-state index in [1.807, 2.05) is 0 Å². The third-order valence-corrected chi connectivity index (χ3v) is 4.08. The molecule has 0 fully saturated rings. The first kappa shape index (κ1) is 15.3. The highest BCUT2D eigenvalue weighted by Crippen LogP contribution is 2.30. The molecule has 7 heteroatoms. The van der Waals surface area contributed by atoms with Gasteiger partial charge in [-0.3, -0.25) is 0 Å². The molecule has 0 atom stereocenters. The van der Waals surface area contributed by atoms with Crippen LogP contribution in [0.25, 0.3) is 0 Å². The second-order valence-corrected chi connectivity index (χ2v) is 5.35. The van der Waals surface area contributed by atoms with E-state index >= 15 is 0 Å². The largest absolute Gasteiger partial charge is 0.409 e. The Morgan fingerprint density at radius 2 is 2.33 bits per heavy atom. The van der Waals surface area contributed by atoms with Gasteiger partial charge in [-0.1, -0.05) is 5.16 Å². The zero-order chi connectivity index (χ0) is 13.5. The normalized spacial score (nSPS) is 11.8. The average Bonchev–Trinajstić information content (AvgIpc) is 2.38. The first-order valence-corrected chi connectivity index (χ1v) is 6.97. The molecule has 1 aromatic carbocycles. The Morgan fingerprint density at radius 1 is 1.61 bits per heavy atom. The number of oxime groups is 1. The van der Waals surface area contributed by atoms with E-state index in [1.165, 1.54) is 11.8 Å². The predicted molar refractivity (Wildman–Crippen MR) is 73.8 cm³/mol. The number of amidine groups is 1. The van der Waals surface area contributed by atoms with Gasteiger partial charge in [-0.2, -0.15) is 0 Å². The van der Waals surface area contributed by atoms with Gasteiger partial charge < -0.3 is 15.7 Å². The third kappa shape index (κ3) is 3.86. The fraction of sp³-hybridized carbons (Fsp3) is 0.364. The molecule has 0 aliphatic rings. The molecule has 18 heavy (non-hydrogen) atoms. The van der Waals surface area contributed by atoms with Gasteiger partial charge in [0.1, 0.15) is 0 Å². The maximum Gasteiger partial charge on any atom is 0.171 e. The smallest absolute Gasteiger partial charge is 0.171 e. The summed E-state index contributed by atoms with van der Waals surface area (Å²) >= 11 is 4.51. The zero-order valence-electron chi connectivity index (χ0n) is 9.82. The first-order chi connectivity index (χ1) is 8.61. The Balaban J connectivity index is 2.81. The molecule has 4 nitrogen and oxygen atoms in total. The van der Waals surface area contributed by atoms with Crippen LogP contribution in [0.15, 0.2) is 26.7 Å². The van der Waals surface area contributed by atoms with Crippen molar-refractivity contribution in [2.75, 3.05) is 19.5 Å². The van der Waals surface area contributed by atoms with Crippen molar-refractivity contribution in [2.24, 2.45) is 10.9 Å². The van der Waals surface area contributed by atoms with E-state index in [1.54, 1.807) is 19.2 Å². The summed E-state index contributed by atoms with van der Waals surface area (Å²) in [5, 5.41) is 11.4. The molecule has 3 N–H and O–H groups in total. The van der Waals surface area contributed by atoms with Crippen LogP contribution >= 0.6 is 27.7 Å². The van der Waals surface area contributed by atoms with Gasteiger partial charge in [-0.25, -0.2) is 4.39 Å². The molecule has 0 heterocycles. The van der Waals surface area contributed by atoms with Gasteiger partial charge in [-0.15, -0.1) is 11.8 Å². The van der Waals surface area contributed by atoms with Crippen molar-refractivity contribution >= 4 is 33.5 Å². The molecule has 0 aromatic heterocycles. The lowest BCUT2D eigenvalue weighted by Crippen LogP contribution is -2.14. The average molecular weight is 337 g/mol. The highest BCUT2D eigenvalue weighted by Gasteiger charge is 2.14. The Morgan fingerprint density at radius 3 is 2.94 bits per heavy atom. The molecule has 0 radical (unpaired) electrons. The van der Waals surface area contributed by atoms with Crippen molar-refractivity contribution in [3.8, 4) is 0 Å². The predicted octanol–water partition coefficient (Wildman–Crippen LogP) is 2.81. The second-order valence-electron chi connectivity index (χ2n) is 3.42. The lowest BCUT2D eigenvalue weighted by Gasteiger charge is -2.08. The van der Waals surface area contributed by atoms with Crippen LogP contribution in [-0.4, -0.2) is 30.5 Å². The minimum Gasteiger partial charge on any atom is -0.409 e. The lowest BCUT2D eigenvalue weighted by atomic mass is 10.2. The number of nitrogens with two attached hydrogens (primary N) is 1. The van der Waals surface area contributed by atoms with Gasteiger partial charge in [0, 0.05) is 29.9 Å². The molecule has 100 valence electrons. The molecule has 0 amide bonds. The van der Waals surface area contributed by atoms with Gasteiger partial charge >= 0.3 is 0 Å². The molecule has 0 saturated heterocycles. The number of hydrogen-bond acceptors (Lipinski definition) is 4. The van der Waals surface area contributed by atoms with Crippen molar-refractivity contribution in [1.29, 1.82) is 0 Å². The van der Waals surface area contributed by atoms with Crippen molar-refractivity contribution in [2.45, 2.75) is 11.3 Å². The van der Waals surface area contributed by atoms with Gasteiger partial charge in [-0.05, 0) is 34.5 Å². The third-order valence-electron chi connectivity index (χ3n) is 2.18. The minimum absolute atomic E-state index is 0.128. The molecule has 0 aliphatic carbocycles. The SMILES string of the molecule is COCCCSc1ccc(/C(N)=N/O)c(Br)c1F. The molecule has 1 rings (SSSR count). The van der Waals surface area contributed by atoms with E-state index in [0.717, 1.165) is 12.2 Å². The standard InChI is InChI=1S/C11H14BrFN2O2S/c1-17-5-2-6-18-8-4-3-7(11(14)15-16)9(12)10(8)13/h3-4,16H,2,5-6H2,1H3,(H2,14,15). The highest BCUT2D eigenvalue weighted by molar-refractivity contribution is 9.10. The Kier molecular flexibility index (Phi) is 6.45. The van der Waals surface area contributed by atoms with Crippen LogP contribution in [0, 0.1) is 5.82 Å².